The van der Waals surface area contributed by atoms with Crippen LogP contribution < -0.4 is 10.2 Å². The van der Waals surface area contributed by atoms with Crippen molar-refractivity contribution in [1.29, 1.82) is 0 Å². The number of aromatic nitrogens is 3. The number of rotatable bonds is 17. The third-order valence-electron chi connectivity index (χ3n) is 7.93. The molecule has 2 aliphatic heterocycles. The molecule has 0 bridgehead atoms. The second-order valence-electron chi connectivity index (χ2n) is 11.5. The number of carbonyl (C=O) groups is 2. The molecule has 14 heteroatoms. The van der Waals surface area contributed by atoms with Crippen LogP contribution in [-0.4, -0.2) is 111 Å². The van der Waals surface area contributed by atoms with Crippen LogP contribution >= 0.6 is 0 Å². The Labute approximate surface area is 281 Å². The zero-order valence-corrected chi connectivity index (χ0v) is 27.8. The largest absolute Gasteiger partial charge is 0.377 e. The minimum atomic E-state index is -2.90. The summed E-state index contributed by atoms with van der Waals surface area (Å²) >= 11 is 0. The Kier molecular flexibility index (Phi) is 13.1. The highest BCUT2D eigenvalue weighted by Gasteiger charge is 2.23. The third kappa shape index (κ3) is 11.0. The van der Waals surface area contributed by atoms with E-state index in [4.69, 9.17) is 14.2 Å². The average molecular weight is 679 g/mol. The first-order valence-electron chi connectivity index (χ1n) is 16.2. The molecule has 1 fully saturated rings. The predicted octanol–water partition coefficient (Wildman–Crippen LogP) is 1.40. The van der Waals surface area contributed by atoms with E-state index >= 15 is 0 Å². The van der Waals surface area contributed by atoms with E-state index in [1.807, 2.05) is 54.7 Å². The van der Waals surface area contributed by atoms with Gasteiger partial charge in [0, 0.05) is 56.3 Å². The topological polar surface area (TPSA) is 145 Å². The molecule has 0 unspecified atom stereocenters. The van der Waals surface area contributed by atoms with Crippen molar-refractivity contribution in [2.45, 2.75) is 32.5 Å². The molecule has 3 heterocycles. The van der Waals surface area contributed by atoms with Crippen LogP contribution in [0.3, 0.4) is 0 Å². The predicted molar refractivity (Wildman–Crippen MR) is 179 cm³/mol. The lowest BCUT2D eigenvalue weighted by atomic mass is 10.0. The molecule has 1 N–H and O–H groups in total. The number of ether oxygens (including phenoxy) is 3. The third-order valence-corrected chi connectivity index (χ3v) is 9.53. The van der Waals surface area contributed by atoms with E-state index in [1.54, 1.807) is 9.58 Å². The van der Waals surface area contributed by atoms with E-state index in [0.717, 1.165) is 28.1 Å². The van der Waals surface area contributed by atoms with E-state index in [9.17, 15) is 18.0 Å². The quantitative estimate of drug-likeness (QED) is 0.164. The first-order valence-corrected chi connectivity index (χ1v) is 18.0. The molecule has 0 spiro atoms. The molecule has 0 atom stereocenters. The molecule has 48 heavy (non-hydrogen) atoms. The van der Waals surface area contributed by atoms with Gasteiger partial charge in [-0.2, -0.15) is 0 Å². The van der Waals surface area contributed by atoms with E-state index < -0.39 is 9.84 Å². The van der Waals surface area contributed by atoms with Crippen molar-refractivity contribution < 1.29 is 32.2 Å². The highest BCUT2D eigenvalue weighted by molar-refractivity contribution is 7.91. The number of fused-ring (bicyclic) bond motifs is 2. The monoisotopic (exact) mass is 678 g/mol. The molecule has 0 saturated carbocycles. The number of benzene rings is 2. The van der Waals surface area contributed by atoms with Gasteiger partial charge < -0.3 is 24.4 Å². The fourth-order valence-corrected chi connectivity index (χ4v) is 6.55. The minimum absolute atomic E-state index is 0.0822. The summed E-state index contributed by atoms with van der Waals surface area (Å²) in [7, 11) is -2.90. The van der Waals surface area contributed by atoms with Crippen LogP contribution in [0, 0.1) is 11.8 Å². The molecule has 13 nitrogen and oxygen atoms in total. The molecule has 2 aliphatic rings. The summed E-state index contributed by atoms with van der Waals surface area (Å²) in [6, 6.07) is 15.4. The van der Waals surface area contributed by atoms with Crippen LogP contribution in [0.5, 0.6) is 0 Å². The molecule has 5 rings (SSSR count). The van der Waals surface area contributed by atoms with Crippen molar-refractivity contribution in [3.05, 3.63) is 77.1 Å². The van der Waals surface area contributed by atoms with Gasteiger partial charge in [0.15, 0.2) is 9.84 Å². The first kappa shape index (κ1) is 35.2. The Balaban J connectivity index is 0.873. The van der Waals surface area contributed by atoms with Gasteiger partial charge in [0.1, 0.15) is 0 Å². The molecular formula is C34H42N6O7S. The zero-order valence-electron chi connectivity index (χ0n) is 27.0. The molecule has 0 radical (unpaired) electrons. The Hall–Kier alpha value is -4.13. The highest BCUT2D eigenvalue weighted by Crippen LogP contribution is 2.26. The summed E-state index contributed by atoms with van der Waals surface area (Å²) in [5.41, 5.74) is 4.20. The smallest absolute Gasteiger partial charge is 0.227 e. The van der Waals surface area contributed by atoms with Gasteiger partial charge in [0.05, 0.1) is 75.6 Å². The number of amides is 2. The maximum absolute atomic E-state index is 13.3. The summed E-state index contributed by atoms with van der Waals surface area (Å²) in [4.78, 5) is 29.5. The molecular weight excluding hydrogens is 636 g/mol. The van der Waals surface area contributed by atoms with Crippen molar-refractivity contribution >= 4 is 27.3 Å². The van der Waals surface area contributed by atoms with E-state index in [2.05, 4.69) is 32.4 Å². The second kappa shape index (κ2) is 17.9. The van der Waals surface area contributed by atoms with Crippen LogP contribution in [0.2, 0.25) is 0 Å². The van der Waals surface area contributed by atoms with Gasteiger partial charge in [-0.25, -0.2) is 13.1 Å². The molecule has 3 aromatic rings. The van der Waals surface area contributed by atoms with E-state index in [1.165, 1.54) is 0 Å². The SMILES string of the molecule is O=C(CCC(=O)N1Cc2ccccc2C#Cc2ccccc21)NCCOCCOCCOCCn1cc(CN2CCS(=O)(=O)CC2)nn1. The molecule has 1 aromatic heterocycles. The number of nitrogens with zero attached hydrogens (tertiary/aromatic N) is 5. The summed E-state index contributed by atoms with van der Waals surface area (Å²) in [6.07, 6.45) is 2.02. The number of para-hydroxylation sites is 1. The molecule has 1 saturated heterocycles. The van der Waals surface area contributed by atoms with Crippen LogP contribution in [0.15, 0.2) is 54.7 Å². The summed E-state index contributed by atoms with van der Waals surface area (Å²) in [5.74, 6) is 6.43. The van der Waals surface area contributed by atoms with E-state index in [0.29, 0.717) is 78.9 Å². The average Bonchev–Trinajstić information content (AvgIpc) is 3.53. The summed E-state index contributed by atoms with van der Waals surface area (Å²) < 4.78 is 41.5. The number of anilines is 1. The molecule has 0 aliphatic carbocycles. The van der Waals surface area contributed by atoms with Gasteiger partial charge >= 0.3 is 0 Å². The van der Waals surface area contributed by atoms with Gasteiger partial charge in [0.25, 0.3) is 0 Å². The Morgan fingerprint density at radius 1 is 0.833 bits per heavy atom. The molecule has 2 aromatic carbocycles. The zero-order chi connectivity index (χ0) is 33.6. The lowest BCUT2D eigenvalue weighted by Crippen LogP contribution is -2.39. The van der Waals surface area contributed by atoms with Gasteiger partial charge in [-0.3, -0.25) is 14.5 Å². The summed E-state index contributed by atoms with van der Waals surface area (Å²) in [6.45, 7) is 5.37. The maximum Gasteiger partial charge on any atom is 0.227 e. The van der Waals surface area contributed by atoms with Crippen LogP contribution in [0.4, 0.5) is 5.69 Å². The molecule has 2 amide bonds. The van der Waals surface area contributed by atoms with Gasteiger partial charge in [-0.1, -0.05) is 47.4 Å². The highest BCUT2D eigenvalue weighted by atomic mass is 32.2. The normalized spacial score (nSPS) is 15.4. The Morgan fingerprint density at radius 3 is 2.29 bits per heavy atom. The lowest BCUT2D eigenvalue weighted by Gasteiger charge is -2.26. The van der Waals surface area contributed by atoms with E-state index in [-0.39, 0.29) is 36.2 Å². The number of hydrogen-bond donors (Lipinski definition) is 1. The maximum atomic E-state index is 13.3. The standard InChI is InChI=1S/C34H42N6O7S/c41-33(11-12-34(42)40-25-30-7-2-1-5-28(30)9-10-29-6-3-4-8-32(29)40)35-13-17-45-19-21-47-22-20-46-18-14-39-27-31(36-37-39)26-38-15-23-48(43,44)24-16-38/h1-8,27H,11-26H2,(H,35,41). The molecule has 256 valence electrons. The van der Waals surface area contributed by atoms with Gasteiger partial charge in [-0.05, 0) is 23.8 Å². The van der Waals surface area contributed by atoms with Crippen molar-refractivity contribution in [3.63, 3.8) is 0 Å². The fourth-order valence-electron chi connectivity index (χ4n) is 5.27. The number of carbonyl (C=O) groups excluding carboxylic acids is 2. The number of sulfone groups is 1. The van der Waals surface area contributed by atoms with Gasteiger partial charge in [-0.15, -0.1) is 5.10 Å². The Morgan fingerprint density at radius 2 is 1.50 bits per heavy atom. The Bertz CT molecular complexity index is 1690. The van der Waals surface area contributed by atoms with Crippen molar-refractivity contribution in [2.75, 3.05) is 75.7 Å². The van der Waals surface area contributed by atoms with Crippen molar-refractivity contribution in [3.8, 4) is 11.8 Å². The van der Waals surface area contributed by atoms with Crippen LogP contribution in [0.1, 0.15) is 35.2 Å². The number of hydrogen-bond acceptors (Lipinski definition) is 10. The fraction of sp³-hybridized carbons (Fsp3) is 0.471. The lowest BCUT2D eigenvalue weighted by molar-refractivity contribution is -0.125. The van der Waals surface area contributed by atoms with Crippen LogP contribution in [-0.2, 0) is 53.3 Å². The van der Waals surface area contributed by atoms with Gasteiger partial charge in [0.2, 0.25) is 11.8 Å². The second-order valence-corrected chi connectivity index (χ2v) is 13.8. The minimum Gasteiger partial charge on any atom is -0.377 e. The number of nitrogens with one attached hydrogen (secondary N) is 1. The van der Waals surface area contributed by atoms with Crippen molar-refractivity contribution in [1.82, 2.24) is 25.2 Å². The van der Waals surface area contributed by atoms with Crippen LogP contribution in [0.25, 0.3) is 0 Å². The van der Waals surface area contributed by atoms with Crippen molar-refractivity contribution in [2.24, 2.45) is 0 Å². The first-order chi connectivity index (χ1) is 23.4. The summed E-state index contributed by atoms with van der Waals surface area (Å²) in [5, 5.41) is 11.1.